The topological polar surface area (TPSA) is 55.6 Å². The Balaban J connectivity index is 2.16. The highest BCUT2D eigenvalue weighted by Gasteiger charge is 2.14. The first-order valence-electron chi connectivity index (χ1n) is 6.35. The number of nitrogens with one attached hydrogen (secondary N) is 1. The van der Waals surface area contributed by atoms with E-state index >= 15 is 0 Å². The molecule has 1 unspecified atom stereocenters. The predicted molar refractivity (Wildman–Crippen MR) is 70.1 cm³/mol. The largest absolute Gasteiger partial charge is 0.335 e. The summed E-state index contributed by atoms with van der Waals surface area (Å²) >= 11 is 0. The molecule has 0 aliphatic carbocycles. The summed E-state index contributed by atoms with van der Waals surface area (Å²) in [6, 6.07) is 2.23. The van der Waals surface area contributed by atoms with E-state index < -0.39 is 0 Å². The monoisotopic (exact) mass is 245 g/mol. The van der Waals surface area contributed by atoms with Crippen LogP contribution < -0.4 is 5.32 Å². The van der Waals surface area contributed by atoms with E-state index in [1.807, 2.05) is 24.7 Å². The number of hydrogen-bond acceptors (Lipinski definition) is 4. The first-order valence-corrected chi connectivity index (χ1v) is 6.35. The fourth-order valence-corrected chi connectivity index (χ4v) is 2.06. The van der Waals surface area contributed by atoms with Gasteiger partial charge in [-0.3, -0.25) is 0 Å². The van der Waals surface area contributed by atoms with Gasteiger partial charge >= 0.3 is 0 Å². The molecule has 1 atom stereocenters. The van der Waals surface area contributed by atoms with Crippen LogP contribution in [0.15, 0.2) is 30.9 Å². The van der Waals surface area contributed by atoms with Crippen LogP contribution in [-0.2, 0) is 13.0 Å². The van der Waals surface area contributed by atoms with Gasteiger partial charge in [0, 0.05) is 37.6 Å². The highest BCUT2D eigenvalue weighted by Crippen LogP contribution is 2.16. The molecule has 2 heterocycles. The van der Waals surface area contributed by atoms with Gasteiger partial charge in [0.1, 0.15) is 5.82 Å². The summed E-state index contributed by atoms with van der Waals surface area (Å²) in [7, 11) is 0. The normalized spacial score (nSPS) is 12.6. The first kappa shape index (κ1) is 12.7. The smallest absolute Gasteiger partial charge is 0.110 e. The van der Waals surface area contributed by atoms with Crippen LogP contribution in [0.4, 0.5) is 0 Å². The minimum atomic E-state index is 0.234. The SMILES string of the molecule is CCNC(Cc1nccn1CC)c1ccnnc1. The van der Waals surface area contributed by atoms with Crippen LogP contribution in [0, 0.1) is 0 Å². The Bertz CT molecular complexity index is 465. The Morgan fingerprint density at radius 3 is 2.83 bits per heavy atom. The third kappa shape index (κ3) is 2.92. The van der Waals surface area contributed by atoms with Crippen molar-refractivity contribution in [1.29, 1.82) is 0 Å². The van der Waals surface area contributed by atoms with Crippen molar-refractivity contribution in [3.63, 3.8) is 0 Å². The molecule has 0 aromatic carbocycles. The molecule has 0 aliphatic rings. The molecule has 0 spiro atoms. The number of hydrogen-bond donors (Lipinski definition) is 1. The molecule has 5 heteroatoms. The maximum absolute atomic E-state index is 4.42. The minimum absolute atomic E-state index is 0.234. The Kier molecular flexibility index (Phi) is 4.41. The van der Waals surface area contributed by atoms with E-state index in [1.165, 1.54) is 0 Å². The number of imidazole rings is 1. The lowest BCUT2D eigenvalue weighted by molar-refractivity contribution is 0.519. The van der Waals surface area contributed by atoms with Crippen molar-refractivity contribution in [2.24, 2.45) is 0 Å². The van der Waals surface area contributed by atoms with E-state index in [0.29, 0.717) is 0 Å². The molecule has 2 rings (SSSR count). The Labute approximate surface area is 107 Å². The standard InChI is InChI=1S/C13H19N5/c1-3-14-12(11-5-6-16-17-10-11)9-13-15-7-8-18(13)4-2/h5-8,10,12,14H,3-4,9H2,1-2H3. The van der Waals surface area contributed by atoms with Crippen molar-refractivity contribution in [3.05, 3.63) is 42.2 Å². The van der Waals surface area contributed by atoms with Gasteiger partial charge < -0.3 is 9.88 Å². The number of rotatable bonds is 6. The van der Waals surface area contributed by atoms with Crippen molar-refractivity contribution in [3.8, 4) is 0 Å². The van der Waals surface area contributed by atoms with Gasteiger partial charge in [0.2, 0.25) is 0 Å². The lowest BCUT2D eigenvalue weighted by Crippen LogP contribution is -2.24. The van der Waals surface area contributed by atoms with Crippen molar-refractivity contribution in [2.75, 3.05) is 6.54 Å². The molecular weight excluding hydrogens is 226 g/mol. The molecule has 5 nitrogen and oxygen atoms in total. The molecule has 2 aromatic rings. The average Bonchev–Trinajstić information content (AvgIpc) is 2.86. The molecule has 1 N–H and O–H groups in total. The van der Waals surface area contributed by atoms with E-state index in [4.69, 9.17) is 0 Å². The Morgan fingerprint density at radius 1 is 1.28 bits per heavy atom. The van der Waals surface area contributed by atoms with E-state index in [9.17, 15) is 0 Å². The van der Waals surface area contributed by atoms with E-state index in [0.717, 1.165) is 30.9 Å². The maximum atomic E-state index is 4.42. The number of nitrogens with zero attached hydrogens (tertiary/aromatic N) is 4. The molecule has 0 saturated carbocycles. The van der Waals surface area contributed by atoms with Crippen molar-refractivity contribution < 1.29 is 0 Å². The van der Waals surface area contributed by atoms with Gasteiger partial charge in [0.25, 0.3) is 0 Å². The molecule has 96 valence electrons. The fourth-order valence-electron chi connectivity index (χ4n) is 2.06. The highest BCUT2D eigenvalue weighted by molar-refractivity contribution is 5.14. The molecule has 0 amide bonds. The van der Waals surface area contributed by atoms with Gasteiger partial charge in [-0.1, -0.05) is 6.92 Å². The zero-order chi connectivity index (χ0) is 12.8. The molecule has 0 radical (unpaired) electrons. The van der Waals surface area contributed by atoms with Gasteiger partial charge in [-0.25, -0.2) is 4.98 Å². The predicted octanol–water partition coefficient (Wildman–Crippen LogP) is 1.59. The first-order chi connectivity index (χ1) is 8.85. The molecular formula is C13H19N5. The molecule has 0 saturated heterocycles. The maximum Gasteiger partial charge on any atom is 0.110 e. The Hall–Kier alpha value is -1.75. The second-order valence-electron chi connectivity index (χ2n) is 4.12. The van der Waals surface area contributed by atoms with Crippen LogP contribution in [-0.4, -0.2) is 26.3 Å². The van der Waals surface area contributed by atoms with Gasteiger partial charge in [0.15, 0.2) is 0 Å². The Morgan fingerprint density at radius 2 is 2.17 bits per heavy atom. The fraction of sp³-hybridized carbons (Fsp3) is 0.462. The second kappa shape index (κ2) is 6.26. The second-order valence-corrected chi connectivity index (χ2v) is 4.12. The lowest BCUT2D eigenvalue weighted by atomic mass is 10.1. The lowest BCUT2D eigenvalue weighted by Gasteiger charge is -2.17. The third-order valence-electron chi connectivity index (χ3n) is 2.99. The van der Waals surface area contributed by atoms with Crippen LogP contribution >= 0.6 is 0 Å². The molecule has 0 fully saturated rings. The quantitative estimate of drug-likeness (QED) is 0.839. The van der Waals surface area contributed by atoms with Gasteiger partial charge in [0.05, 0.1) is 6.20 Å². The van der Waals surface area contributed by atoms with Crippen LogP contribution in [0.2, 0.25) is 0 Å². The number of likely N-dealkylation sites (N-methyl/N-ethyl adjacent to an activating group) is 1. The van der Waals surface area contributed by atoms with Crippen molar-refractivity contribution >= 4 is 0 Å². The molecule has 0 bridgehead atoms. The van der Waals surface area contributed by atoms with Crippen LogP contribution in [0.5, 0.6) is 0 Å². The van der Waals surface area contributed by atoms with E-state index in [2.05, 4.69) is 38.9 Å². The molecule has 2 aromatic heterocycles. The van der Waals surface area contributed by atoms with E-state index in [-0.39, 0.29) is 6.04 Å². The highest BCUT2D eigenvalue weighted by atomic mass is 15.1. The summed E-state index contributed by atoms with van der Waals surface area (Å²) < 4.78 is 2.17. The third-order valence-corrected chi connectivity index (χ3v) is 2.99. The summed E-state index contributed by atoms with van der Waals surface area (Å²) in [5.74, 6) is 1.10. The number of aromatic nitrogens is 4. The van der Waals surface area contributed by atoms with Gasteiger partial charge in [-0.15, -0.1) is 0 Å². The van der Waals surface area contributed by atoms with Crippen LogP contribution in [0.25, 0.3) is 0 Å². The average molecular weight is 245 g/mol. The zero-order valence-corrected chi connectivity index (χ0v) is 10.9. The summed E-state index contributed by atoms with van der Waals surface area (Å²) in [5, 5.41) is 11.2. The summed E-state index contributed by atoms with van der Waals surface area (Å²) in [4.78, 5) is 4.42. The summed E-state index contributed by atoms with van der Waals surface area (Å²) in [5.41, 5.74) is 1.15. The van der Waals surface area contributed by atoms with E-state index in [1.54, 1.807) is 6.20 Å². The number of aryl methyl sites for hydroxylation is 1. The van der Waals surface area contributed by atoms with Gasteiger partial charge in [-0.2, -0.15) is 10.2 Å². The zero-order valence-electron chi connectivity index (χ0n) is 10.9. The summed E-state index contributed by atoms with van der Waals surface area (Å²) in [6.07, 6.45) is 8.27. The van der Waals surface area contributed by atoms with Crippen LogP contribution in [0.3, 0.4) is 0 Å². The van der Waals surface area contributed by atoms with Crippen molar-refractivity contribution in [1.82, 2.24) is 25.1 Å². The van der Waals surface area contributed by atoms with Crippen molar-refractivity contribution in [2.45, 2.75) is 32.9 Å². The summed E-state index contributed by atoms with van der Waals surface area (Å²) in [6.45, 7) is 6.10. The molecule has 18 heavy (non-hydrogen) atoms. The minimum Gasteiger partial charge on any atom is -0.335 e. The molecule has 0 aliphatic heterocycles. The van der Waals surface area contributed by atoms with Crippen LogP contribution in [0.1, 0.15) is 31.3 Å². The van der Waals surface area contributed by atoms with Gasteiger partial charge in [-0.05, 0) is 25.1 Å².